The minimum Gasteiger partial charge on any atom is -0.505 e. The van der Waals surface area contributed by atoms with Crippen molar-refractivity contribution in [3.63, 3.8) is 0 Å². The lowest BCUT2D eigenvalue weighted by molar-refractivity contribution is 0.0698. The van der Waals surface area contributed by atoms with Gasteiger partial charge >= 0.3 is 5.97 Å². The van der Waals surface area contributed by atoms with Gasteiger partial charge in [0.2, 0.25) is 5.43 Å². The highest BCUT2D eigenvalue weighted by Gasteiger charge is 2.32. The zero-order chi connectivity index (χ0) is 24.5. The number of rotatable bonds is 2. The normalized spacial score (nSPS) is 11.5. The van der Waals surface area contributed by atoms with Gasteiger partial charge < -0.3 is 14.6 Å². The predicted octanol–water partition coefficient (Wildman–Crippen LogP) is 9.10. The summed E-state index contributed by atoms with van der Waals surface area (Å²) in [6.07, 6.45) is 0. The maximum absolute atomic E-state index is 12.5. The molecule has 1 aliphatic carbocycles. The van der Waals surface area contributed by atoms with Crippen LogP contribution in [0.2, 0.25) is 30.1 Å². The van der Waals surface area contributed by atoms with Gasteiger partial charge in [0.1, 0.15) is 10.0 Å². The van der Waals surface area contributed by atoms with Crippen molar-refractivity contribution in [3.8, 4) is 28.2 Å². The van der Waals surface area contributed by atoms with Gasteiger partial charge in [0, 0.05) is 22.1 Å². The van der Waals surface area contributed by atoms with E-state index < -0.39 is 17.0 Å². The summed E-state index contributed by atoms with van der Waals surface area (Å²) in [5.74, 6) is -1.81. The van der Waals surface area contributed by atoms with E-state index in [0.29, 0.717) is 3.57 Å². The van der Waals surface area contributed by atoms with Crippen LogP contribution in [0, 0.1) is 7.14 Å². The number of aromatic carboxylic acids is 1. The minimum absolute atomic E-state index is 0.0609. The molecule has 0 amide bonds. The van der Waals surface area contributed by atoms with Crippen LogP contribution in [0.5, 0.6) is 5.75 Å². The zero-order valence-electron chi connectivity index (χ0n) is 15.3. The van der Waals surface area contributed by atoms with Gasteiger partial charge in [-0.2, -0.15) is 0 Å². The van der Waals surface area contributed by atoms with E-state index in [1.54, 1.807) is 22.6 Å². The van der Waals surface area contributed by atoms with E-state index in [1.165, 1.54) is 12.1 Å². The number of halogens is 8. The maximum atomic E-state index is 12.5. The van der Waals surface area contributed by atoms with Crippen molar-refractivity contribution in [1.82, 2.24) is 0 Å². The Morgan fingerprint density at radius 3 is 2.03 bits per heavy atom. The molecule has 33 heavy (non-hydrogen) atoms. The summed E-state index contributed by atoms with van der Waals surface area (Å²) in [5, 5.41) is 19.2. The molecule has 0 spiro atoms. The predicted molar refractivity (Wildman–Crippen MR) is 149 cm³/mol. The van der Waals surface area contributed by atoms with E-state index in [2.05, 4.69) is 0 Å². The standard InChI is InChI=1S/C20H4Cl6I2O5/c21-10-8(9(20(31)32)11(22)13(24)12(10)23)7-3-1-5(27)16(29)14(25)18(3)33-19-4(7)2-6(28)17(30)15(19)26/h1-2,29H,(H,31,32). The SMILES string of the molecule is O=C(O)c1c(Cl)c(Cl)c(Cl)c(Cl)c1-c1c2cc(I)c(=O)c(Cl)c-2oc2c(Cl)c(O)c(I)cc12. The van der Waals surface area contributed by atoms with Crippen LogP contribution < -0.4 is 5.43 Å². The molecule has 1 aliphatic heterocycles. The van der Waals surface area contributed by atoms with Crippen LogP contribution in [-0.2, 0) is 0 Å². The first-order valence-electron chi connectivity index (χ1n) is 8.43. The highest BCUT2D eigenvalue weighted by Crippen LogP contribution is 2.53. The van der Waals surface area contributed by atoms with Crippen LogP contribution in [0.4, 0.5) is 0 Å². The lowest BCUT2D eigenvalue weighted by atomic mass is 9.90. The quantitative estimate of drug-likeness (QED) is 0.0916. The summed E-state index contributed by atoms with van der Waals surface area (Å²) in [4.78, 5) is 24.8. The Hall–Kier alpha value is -0.400. The van der Waals surface area contributed by atoms with Crippen LogP contribution in [0.1, 0.15) is 10.4 Å². The molecule has 5 nitrogen and oxygen atoms in total. The Morgan fingerprint density at radius 1 is 0.818 bits per heavy atom. The molecule has 0 saturated carbocycles. The molecule has 4 rings (SSSR count). The van der Waals surface area contributed by atoms with Crippen LogP contribution >= 0.6 is 115 Å². The summed E-state index contributed by atoms with van der Waals surface area (Å²) >= 11 is 41.5. The fraction of sp³-hybridized carbons (Fsp3) is 0. The third-order valence-electron chi connectivity index (χ3n) is 4.75. The molecule has 170 valence electrons. The molecule has 0 radical (unpaired) electrons. The van der Waals surface area contributed by atoms with E-state index in [0.717, 1.165) is 0 Å². The number of hydrogen-bond donors (Lipinski definition) is 2. The van der Waals surface area contributed by atoms with Gasteiger partial charge in [-0.1, -0.05) is 69.6 Å². The molecule has 0 unspecified atom stereocenters. The molecule has 1 heterocycles. The topological polar surface area (TPSA) is 87.7 Å². The second-order valence-corrected chi connectivity index (χ2v) is 11.2. The second-order valence-electron chi connectivity index (χ2n) is 6.56. The summed E-state index contributed by atoms with van der Waals surface area (Å²) in [7, 11) is 0. The monoisotopic (exact) mass is 788 g/mol. The van der Waals surface area contributed by atoms with E-state index in [1.807, 2.05) is 22.6 Å². The highest BCUT2D eigenvalue weighted by molar-refractivity contribution is 14.1. The molecule has 2 aromatic carbocycles. The number of benzene rings is 3. The van der Waals surface area contributed by atoms with Gasteiger partial charge in [-0.25, -0.2) is 4.79 Å². The molecule has 0 bridgehead atoms. The van der Waals surface area contributed by atoms with Gasteiger partial charge in [0.15, 0.2) is 17.1 Å². The third kappa shape index (κ3) is 3.96. The van der Waals surface area contributed by atoms with Crippen molar-refractivity contribution in [2.24, 2.45) is 0 Å². The Bertz CT molecular complexity index is 1570. The number of hydrogen-bond acceptors (Lipinski definition) is 4. The number of carbonyl (C=O) groups is 1. The van der Waals surface area contributed by atoms with Gasteiger partial charge in [-0.3, -0.25) is 4.79 Å². The van der Waals surface area contributed by atoms with Gasteiger partial charge in [0.25, 0.3) is 0 Å². The molecule has 0 atom stereocenters. The van der Waals surface area contributed by atoms with E-state index in [-0.39, 0.29) is 72.9 Å². The Labute approximate surface area is 242 Å². The summed E-state index contributed by atoms with van der Waals surface area (Å²) < 4.78 is 6.42. The van der Waals surface area contributed by atoms with Crippen LogP contribution in [0.15, 0.2) is 21.3 Å². The van der Waals surface area contributed by atoms with E-state index in [4.69, 9.17) is 74.0 Å². The molecule has 2 aromatic rings. The second kappa shape index (κ2) is 9.24. The Balaban J connectivity index is 2.43. The average molecular weight is 791 g/mol. The third-order valence-corrected chi connectivity index (χ3v) is 8.87. The lowest BCUT2D eigenvalue weighted by Gasteiger charge is -2.21. The lowest BCUT2D eigenvalue weighted by Crippen LogP contribution is -2.10. The Morgan fingerprint density at radius 2 is 1.42 bits per heavy atom. The first-order chi connectivity index (χ1) is 15.4. The van der Waals surface area contributed by atoms with Crippen molar-refractivity contribution in [1.29, 1.82) is 0 Å². The number of phenols is 1. The fourth-order valence-corrected chi connectivity index (χ4v) is 6.32. The van der Waals surface area contributed by atoms with Crippen LogP contribution in [0.25, 0.3) is 33.4 Å². The van der Waals surface area contributed by atoms with E-state index >= 15 is 0 Å². The first-order valence-corrected chi connectivity index (χ1v) is 12.9. The maximum Gasteiger partial charge on any atom is 0.337 e. The fourth-order valence-electron chi connectivity index (χ4n) is 3.33. The number of carboxylic acid groups (broad SMARTS) is 1. The largest absolute Gasteiger partial charge is 0.505 e. The molecule has 2 aliphatic rings. The van der Waals surface area contributed by atoms with Crippen LogP contribution in [0.3, 0.4) is 0 Å². The molecule has 0 aromatic heterocycles. The van der Waals surface area contributed by atoms with Crippen molar-refractivity contribution in [3.05, 3.63) is 65.2 Å². The smallest absolute Gasteiger partial charge is 0.337 e. The summed E-state index contributed by atoms with van der Waals surface area (Å²) in [6, 6.07) is 2.98. The average Bonchev–Trinajstić information content (AvgIpc) is 2.76. The van der Waals surface area contributed by atoms with Gasteiger partial charge in [-0.15, -0.1) is 0 Å². The van der Waals surface area contributed by atoms with Crippen molar-refractivity contribution >= 4 is 132 Å². The molecular weight excluding hydrogens is 787 g/mol. The summed E-state index contributed by atoms with van der Waals surface area (Å²) in [6.45, 7) is 0. The summed E-state index contributed by atoms with van der Waals surface area (Å²) in [5.41, 5.74) is -0.670. The zero-order valence-corrected chi connectivity index (χ0v) is 24.1. The number of carboxylic acids is 1. The van der Waals surface area contributed by atoms with Crippen molar-refractivity contribution in [2.75, 3.05) is 0 Å². The molecule has 0 saturated heterocycles. The van der Waals surface area contributed by atoms with Crippen LogP contribution in [-0.4, -0.2) is 16.2 Å². The van der Waals surface area contributed by atoms with Gasteiger partial charge in [0.05, 0.1) is 32.8 Å². The number of phenolic OH excluding ortho intramolecular Hbond substituents is 1. The van der Waals surface area contributed by atoms with Crippen molar-refractivity contribution in [2.45, 2.75) is 0 Å². The molecule has 13 heteroatoms. The first kappa shape index (κ1) is 25.7. The van der Waals surface area contributed by atoms with Gasteiger partial charge in [-0.05, 0) is 57.3 Å². The molecule has 2 N–H and O–H groups in total. The Kier molecular flexibility index (Phi) is 7.19. The minimum atomic E-state index is -1.43. The molecule has 0 fully saturated rings. The number of aromatic hydroxyl groups is 1. The highest BCUT2D eigenvalue weighted by atomic mass is 127. The van der Waals surface area contributed by atoms with Crippen molar-refractivity contribution < 1.29 is 19.4 Å². The number of fused-ring (bicyclic) bond motifs is 2. The molecular formula is C20H4Cl6I2O5. The van der Waals surface area contributed by atoms with E-state index in [9.17, 15) is 19.8 Å².